The zero-order chi connectivity index (χ0) is 15.8. The molecule has 1 unspecified atom stereocenters. The lowest BCUT2D eigenvalue weighted by molar-refractivity contribution is 0.207. The molecule has 2 rings (SSSR count). The monoisotopic (exact) mass is 298 g/mol. The lowest BCUT2D eigenvalue weighted by Crippen LogP contribution is -2.10. The average molecular weight is 298 g/mol. The summed E-state index contributed by atoms with van der Waals surface area (Å²) in [4.78, 5) is 0. The van der Waals surface area contributed by atoms with Gasteiger partial charge in [-0.1, -0.05) is 25.1 Å². The van der Waals surface area contributed by atoms with Gasteiger partial charge in [0.1, 0.15) is 0 Å². The molecule has 0 radical (unpaired) electrons. The van der Waals surface area contributed by atoms with Crippen molar-refractivity contribution in [2.45, 2.75) is 26.4 Å². The SMILES string of the molecule is CCC(C)Oc1ccc(C=NNc2ccccc2)cc1OC. The molecule has 0 aliphatic carbocycles. The summed E-state index contributed by atoms with van der Waals surface area (Å²) in [6.45, 7) is 4.13. The van der Waals surface area contributed by atoms with Gasteiger partial charge in [-0.2, -0.15) is 5.10 Å². The van der Waals surface area contributed by atoms with E-state index in [0.29, 0.717) is 5.75 Å². The zero-order valence-electron chi connectivity index (χ0n) is 13.2. The van der Waals surface area contributed by atoms with E-state index in [1.165, 1.54) is 0 Å². The summed E-state index contributed by atoms with van der Waals surface area (Å²) in [5, 5.41) is 4.22. The highest BCUT2D eigenvalue weighted by Crippen LogP contribution is 2.28. The largest absolute Gasteiger partial charge is 0.493 e. The summed E-state index contributed by atoms with van der Waals surface area (Å²) < 4.78 is 11.2. The van der Waals surface area contributed by atoms with E-state index in [-0.39, 0.29) is 6.10 Å². The topological polar surface area (TPSA) is 42.8 Å². The van der Waals surface area contributed by atoms with Gasteiger partial charge in [-0.3, -0.25) is 5.43 Å². The number of methoxy groups -OCH3 is 1. The van der Waals surface area contributed by atoms with Crippen molar-refractivity contribution < 1.29 is 9.47 Å². The Morgan fingerprint density at radius 3 is 2.59 bits per heavy atom. The molecule has 1 N–H and O–H groups in total. The minimum Gasteiger partial charge on any atom is -0.493 e. The molecule has 0 aliphatic rings. The van der Waals surface area contributed by atoms with E-state index < -0.39 is 0 Å². The van der Waals surface area contributed by atoms with Crippen molar-refractivity contribution in [1.29, 1.82) is 0 Å². The van der Waals surface area contributed by atoms with Gasteiger partial charge in [-0.15, -0.1) is 0 Å². The zero-order valence-corrected chi connectivity index (χ0v) is 13.2. The van der Waals surface area contributed by atoms with Crippen molar-refractivity contribution in [3.63, 3.8) is 0 Å². The Kier molecular flexibility index (Phi) is 5.83. The van der Waals surface area contributed by atoms with Gasteiger partial charge in [0.2, 0.25) is 0 Å². The van der Waals surface area contributed by atoms with E-state index in [1.54, 1.807) is 13.3 Å². The minimum absolute atomic E-state index is 0.160. The van der Waals surface area contributed by atoms with Crippen LogP contribution >= 0.6 is 0 Å². The normalized spacial score (nSPS) is 12.1. The van der Waals surface area contributed by atoms with Crippen LogP contribution in [0.15, 0.2) is 53.6 Å². The van der Waals surface area contributed by atoms with Gasteiger partial charge in [-0.25, -0.2) is 0 Å². The van der Waals surface area contributed by atoms with E-state index in [4.69, 9.17) is 9.47 Å². The van der Waals surface area contributed by atoms with Crippen LogP contribution in [0.4, 0.5) is 5.69 Å². The molecule has 4 heteroatoms. The predicted molar refractivity (Wildman–Crippen MR) is 91.0 cm³/mol. The summed E-state index contributed by atoms with van der Waals surface area (Å²) in [5.41, 5.74) is 4.87. The lowest BCUT2D eigenvalue weighted by atomic mass is 10.2. The van der Waals surface area contributed by atoms with Gasteiger partial charge in [0.05, 0.1) is 25.1 Å². The van der Waals surface area contributed by atoms with Crippen LogP contribution in [-0.2, 0) is 0 Å². The number of hydrogen-bond acceptors (Lipinski definition) is 4. The van der Waals surface area contributed by atoms with E-state index in [9.17, 15) is 0 Å². The standard InChI is InChI=1S/C18H22N2O2/c1-4-14(2)22-17-11-10-15(12-18(17)21-3)13-19-20-16-8-6-5-7-9-16/h5-14,20H,4H2,1-3H3. The fourth-order valence-corrected chi connectivity index (χ4v) is 1.86. The van der Waals surface area contributed by atoms with Crippen LogP contribution in [0.5, 0.6) is 11.5 Å². The number of hydrogen-bond donors (Lipinski definition) is 1. The molecule has 0 amide bonds. The van der Waals surface area contributed by atoms with Gasteiger partial charge >= 0.3 is 0 Å². The van der Waals surface area contributed by atoms with Crippen LogP contribution < -0.4 is 14.9 Å². The maximum atomic E-state index is 5.83. The van der Waals surface area contributed by atoms with Crippen molar-refractivity contribution in [2.75, 3.05) is 12.5 Å². The fraction of sp³-hybridized carbons (Fsp3) is 0.278. The number of para-hydroxylation sites is 1. The molecular weight excluding hydrogens is 276 g/mol. The molecule has 0 saturated carbocycles. The predicted octanol–water partition coefficient (Wildman–Crippen LogP) is 4.32. The summed E-state index contributed by atoms with van der Waals surface area (Å²) in [6.07, 6.45) is 2.86. The molecule has 2 aromatic carbocycles. The first-order valence-corrected chi connectivity index (χ1v) is 7.41. The first-order chi connectivity index (χ1) is 10.7. The molecule has 0 saturated heterocycles. The molecule has 0 bridgehead atoms. The fourth-order valence-electron chi connectivity index (χ4n) is 1.86. The molecule has 0 spiro atoms. The van der Waals surface area contributed by atoms with Gasteiger partial charge < -0.3 is 9.47 Å². The Morgan fingerprint density at radius 2 is 1.91 bits per heavy atom. The second-order valence-electron chi connectivity index (χ2n) is 4.98. The van der Waals surface area contributed by atoms with Gasteiger partial charge in [0.25, 0.3) is 0 Å². The molecule has 22 heavy (non-hydrogen) atoms. The maximum absolute atomic E-state index is 5.83. The summed E-state index contributed by atoms with van der Waals surface area (Å²) in [5.74, 6) is 1.47. The highest BCUT2D eigenvalue weighted by atomic mass is 16.5. The third kappa shape index (κ3) is 4.52. The Morgan fingerprint density at radius 1 is 1.14 bits per heavy atom. The van der Waals surface area contributed by atoms with Crippen LogP contribution in [0.3, 0.4) is 0 Å². The van der Waals surface area contributed by atoms with E-state index in [2.05, 4.69) is 17.5 Å². The Hall–Kier alpha value is -2.49. The van der Waals surface area contributed by atoms with E-state index in [1.807, 2.05) is 55.5 Å². The summed E-state index contributed by atoms with van der Waals surface area (Å²) in [6, 6.07) is 15.6. The molecule has 0 aliphatic heterocycles. The highest BCUT2D eigenvalue weighted by Gasteiger charge is 2.08. The number of anilines is 1. The van der Waals surface area contributed by atoms with Gasteiger partial charge in [0.15, 0.2) is 11.5 Å². The molecule has 4 nitrogen and oxygen atoms in total. The van der Waals surface area contributed by atoms with Crippen molar-refractivity contribution in [3.8, 4) is 11.5 Å². The number of rotatable bonds is 7. The third-order valence-corrected chi connectivity index (χ3v) is 3.27. The number of ether oxygens (including phenoxy) is 2. The van der Waals surface area contributed by atoms with Crippen LogP contribution in [0.2, 0.25) is 0 Å². The van der Waals surface area contributed by atoms with Crippen LogP contribution in [0, 0.1) is 0 Å². The van der Waals surface area contributed by atoms with Crippen molar-refractivity contribution >= 4 is 11.9 Å². The second-order valence-corrected chi connectivity index (χ2v) is 4.98. The smallest absolute Gasteiger partial charge is 0.161 e. The lowest BCUT2D eigenvalue weighted by Gasteiger charge is -2.15. The Bertz CT molecular complexity index is 612. The summed E-state index contributed by atoms with van der Waals surface area (Å²) in [7, 11) is 1.64. The average Bonchev–Trinajstić information content (AvgIpc) is 2.56. The van der Waals surface area contributed by atoms with Crippen LogP contribution in [-0.4, -0.2) is 19.4 Å². The van der Waals surface area contributed by atoms with Gasteiger partial charge in [0, 0.05) is 0 Å². The highest BCUT2D eigenvalue weighted by molar-refractivity contribution is 5.81. The van der Waals surface area contributed by atoms with Crippen LogP contribution in [0.25, 0.3) is 0 Å². The van der Waals surface area contributed by atoms with Crippen LogP contribution in [0.1, 0.15) is 25.8 Å². The Balaban J connectivity index is 2.05. The van der Waals surface area contributed by atoms with Crippen molar-refractivity contribution in [3.05, 3.63) is 54.1 Å². The van der Waals surface area contributed by atoms with E-state index in [0.717, 1.165) is 23.4 Å². The molecule has 116 valence electrons. The molecular formula is C18H22N2O2. The molecule has 0 fully saturated rings. The second kappa shape index (κ2) is 8.08. The third-order valence-electron chi connectivity index (χ3n) is 3.27. The van der Waals surface area contributed by atoms with Crippen molar-refractivity contribution in [1.82, 2.24) is 0 Å². The maximum Gasteiger partial charge on any atom is 0.161 e. The molecule has 2 aromatic rings. The van der Waals surface area contributed by atoms with Gasteiger partial charge in [-0.05, 0) is 49.2 Å². The van der Waals surface area contributed by atoms with Crippen molar-refractivity contribution in [2.24, 2.45) is 5.10 Å². The van der Waals surface area contributed by atoms with E-state index >= 15 is 0 Å². The molecule has 0 heterocycles. The minimum atomic E-state index is 0.160. The number of hydrazone groups is 1. The number of nitrogens with one attached hydrogen (secondary N) is 1. The first-order valence-electron chi connectivity index (χ1n) is 7.41. The summed E-state index contributed by atoms with van der Waals surface area (Å²) >= 11 is 0. The Labute approximate surface area is 131 Å². The molecule has 1 atom stereocenters. The molecule has 0 aromatic heterocycles. The quantitative estimate of drug-likeness (QED) is 0.611. The number of benzene rings is 2. The number of nitrogens with zero attached hydrogens (tertiary/aromatic N) is 1. The first kappa shape index (κ1) is 15.9.